The Morgan fingerprint density at radius 1 is 1.62 bits per heavy atom. The van der Waals surface area contributed by atoms with Crippen molar-refractivity contribution in [2.75, 3.05) is 18.0 Å². The number of hydrogen-bond acceptors (Lipinski definition) is 4. The van der Waals surface area contributed by atoms with Crippen molar-refractivity contribution in [2.24, 2.45) is 5.92 Å². The molecule has 1 aromatic rings. The summed E-state index contributed by atoms with van der Waals surface area (Å²) >= 11 is 0. The highest BCUT2D eigenvalue weighted by Gasteiger charge is 2.25. The summed E-state index contributed by atoms with van der Waals surface area (Å²) in [4.78, 5) is 23.9. The summed E-state index contributed by atoms with van der Waals surface area (Å²) in [7, 11) is 0. The third-order valence-electron chi connectivity index (χ3n) is 2.79. The minimum absolute atomic E-state index is 0.269. The minimum Gasteiger partial charge on any atom is -0.481 e. The lowest BCUT2D eigenvalue weighted by Crippen LogP contribution is -2.39. The molecule has 0 aliphatic carbocycles. The van der Waals surface area contributed by atoms with Gasteiger partial charge in [0.2, 0.25) is 0 Å². The van der Waals surface area contributed by atoms with Crippen LogP contribution in [0.2, 0.25) is 0 Å². The van der Waals surface area contributed by atoms with Gasteiger partial charge >= 0.3 is 5.97 Å². The number of aromatic nitrogens is 2. The molecule has 0 spiro atoms. The van der Waals surface area contributed by atoms with Crippen molar-refractivity contribution in [1.82, 2.24) is 10.2 Å². The number of carbonyl (C=O) groups is 1. The molecule has 1 saturated heterocycles. The number of anilines is 1. The number of hydrogen-bond donors (Lipinski definition) is 2. The largest absolute Gasteiger partial charge is 0.481 e. The predicted octanol–water partition coefficient (Wildman–Crippen LogP) is 0.0709. The molecular formula is C10H13N3O3. The van der Waals surface area contributed by atoms with Crippen molar-refractivity contribution in [2.45, 2.75) is 12.8 Å². The van der Waals surface area contributed by atoms with Crippen LogP contribution in [0.15, 0.2) is 17.1 Å². The number of carboxylic acids is 1. The minimum atomic E-state index is -0.775. The first-order chi connectivity index (χ1) is 7.66. The van der Waals surface area contributed by atoms with Gasteiger partial charge < -0.3 is 10.0 Å². The van der Waals surface area contributed by atoms with E-state index < -0.39 is 5.97 Å². The highest BCUT2D eigenvalue weighted by molar-refractivity contribution is 5.71. The average molecular weight is 223 g/mol. The zero-order valence-corrected chi connectivity index (χ0v) is 8.72. The molecule has 6 nitrogen and oxygen atoms in total. The van der Waals surface area contributed by atoms with Gasteiger partial charge in [-0.15, -0.1) is 0 Å². The molecule has 2 heterocycles. The molecule has 1 aromatic heterocycles. The van der Waals surface area contributed by atoms with Gasteiger partial charge in [0.05, 0.1) is 17.8 Å². The molecule has 1 fully saturated rings. The van der Waals surface area contributed by atoms with E-state index >= 15 is 0 Å². The van der Waals surface area contributed by atoms with Gasteiger partial charge in [0.1, 0.15) is 0 Å². The standard InChI is InChI=1S/C10H13N3O3/c14-9-4-8(5-11-12-9)13-3-1-2-7(6-13)10(15)16/h4-5,7H,1-3,6H2,(H,12,14)(H,15,16)/t7-/m0/s1. The molecule has 2 rings (SSSR count). The quantitative estimate of drug-likeness (QED) is 0.741. The normalized spacial score (nSPS) is 20.8. The molecule has 0 bridgehead atoms. The zero-order valence-electron chi connectivity index (χ0n) is 8.72. The van der Waals surface area contributed by atoms with Gasteiger partial charge in [-0.05, 0) is 12.8 Å². The third kappa shape index (κ3) is 2.21. The molecule has 0 saturated carbocycles. The van der Waals surface area contributed by atoms with Gasteiger partial charge in [-0.2, -0.15) is 5.10 Å². The number of piperidine rings is 1. The second-order valence-electron chi connectivity index (χ2n) is 3.93. The Bertz CT molecular complexity index is 443. The van der Waals surface area contributed by atoms with E-state index in [0.717, 1.165) is 13.0 Å². The van der Waals surface area contributed by atoms with Crippen molar-refractivity contribution in [3.63, 3.8) is 0 Å². The first-order valence-corrected chi connectivity index (χ1v) is 5.19. The van der Waals surface area contributed by atoms with Crippen LogP contribution in [0, 0.1) is 5.92 Å². The second-order valence-corrected chi connectivity index (χ2v) is 3.93. The highest BCUT2D eigenvalue weighted by atomic mass is 16.4. The molecule has 2 N–H and O–H groups in total. The predicted molar refractivity (Wildman–Crippen MR) is 57.4 cm³/mol. The zero-order chi connectivity index (χ0) is 11.5. The lowest BCUT2D eigenvalue weighted by Gasteiger charge is -2.31. The second kappa shape index (κ2) is 4.34. The van der Waals surface area contributed by atoms with Gasteiger partial charge in [-0.25, -0.2) is 5.10 Å². The average Bonchev–Trinajstić information content (AvgIpc) is 2.29. The topological polar surface area (TPSA) is 86.3 Å². The molecule has 0 aromatic carbocycles. The number of nitrogens with zero attached hydrogens (tertiary/aromatic N) is 2. The van der Waals surface area contributed by atoms with Gasteiger partial charge in [0.15, 0.2) is 0 Å². The van der Waals surface area contributed by atoms with E-state index in [9.17, 15) is 9.59 Å². The molecule has 0 radical (unpaired) electrons. The summed E-state index contributed by atoms with van der Waals surface area (Å²) in [5.74, 6) is -1.13. The molecule has 6 heteroatoms. The van der Waals surface area contributed by atoms with Crippen LogP contribution in [0.25, 0.3) is 0 Å². The molecule has 0 unspecified atom stereocenters. The molecule has 1 aliphatic rings. The van der Waals surface area contributed by atoms with Crippen LogP contribution in [-0.4, -0.2) is 34.4 Å². The monoisotopic (exact) mass is 223 g/mol. The van der Waals surface area contributed by atoms with Crippen LogP contribution in [0.5, 0.6) is 0 Å². The van der Waals surface area contributed by atoms with Crippen molar-refractivity contribution in [1.29, 1.82) is 0 Å². The van der Waals surface area contributed by atoms with E-state index in [-0.39, 0.29) is 11.5 Å². The van der Waals surface area contributed by atoms with E-state index in [1.165, 1.54) is 6.07 Å². The van der Waals surface area contributed by atoms with E-state index in [4.69, 9.17) is 5.11 Å². The molecule has 0 amide bonds. The fourth-order valence-corrected chi connectivity index (χ4v) is 1.95. The van der Waals surface area contributed by atoms with Crippen LogP contribution >= 0.6 is 0 Å². The Morgan fingerprint density at radius 2 is 2.44 bits per heavy atom. The number of nitrogens with one attached hydrogen (secondary N) is 1. The van der Waals surface area contributed by atoms with Crippen molar-refractivity contribution in [3.8, 4) is 0 Å². The molecule has 16 heavy (non-hydrogen) atoms. The van der Waals surface area contributed by atoms with Gasteiger partial charge in [0.25, 0.3) is 5.56 Å². The summed E-state index contributed by atoms with van der Waals surface area (Å²) < 4.78 is 0. The molecular weight excluding hydrogens is 210 g/mol. The van der Waals surface area contributed by atoms with E-state index in [2.05, 4.69) is 10.2 Å². The van der Waals surface area contributed by atoms with E-state index in [1.54, 1.807) is 6.20 Å². The summed E-state index contributed by atoms with van der Waals surface area (Å²) in [6.07, 6.45) is 3.07. The smallest absolute Gasteiger partial charge is 0.308 e. The Morgan fingerprint density at radius 3 is 3.12 bits per heavy atom. The maximum atomic E-state index is 11.1. The number of aromatic amines is 1. The molecule has 1 atom stereocenters. The van der Waals surface area contributed by atoms with Crippen molar-refractivity contribution >= 4 is 11.7 Å². The van der Waals surface area contributed by atoms with Crippen LogP contribution < -0.4 is 10.5 Å². The summed E-state index contributed by atoms with van der Waals surface area (Å²) in [6.45, 7) is 1.22. The van der Waals surface area contributed by atoms with E-state index in [1.807, 2.05) is 4.90 Å². The fraction of sp³-hybridized carbons (Fsp3) is 0.500. The number of aliphatic carboxylic acids is 1. The van der Waals surface area contributed by atoms with Gasteiger partial charge in [-0.1, -0.05) is 0 Å². The van der Waals surface area contributed by atoms with Gasteiger partial charge in [-0.3, -0.25) is 9.59 Å². The maximum absolute atomic E-state index is 11.1. The first kappa shape index (κ1) is 10.7. The van der Waals surface area contributed by atoms with E-state index in [0.29, 0.717) is 18.7 Å². The lowest BCUT2D eigenvalue weighted by atomic mass is 9.98. The van der Waals surface area contributed by atoms with Crippen molar-refractivity contribution in [3.05, 3.63) is 22.6 Å². The Labute approximate surface area is 91.9 Å². The Balaban J connectivity index is 2.15. The number of H-pyrrole nitrogens is 1. The van der Waals surface area contributed by atoms with Crippen LogP contribution in [-0.2, 0) is 4.79 Å². The number of carboxylic acid groups (broad SMARTS) is 1. The highest BCUT2D eigenvalue weighted by Crippen LogP contribution is 2.21. The number of rotatable bonds is 2. The summed E-state index contributed by atoms with van der Waals surface area (Å²) in [5.41, 5.74) is 0.421. The summed E-state index contributed by atoms with van der Waals surface area (Å²) in [5, 5.41) is 14.9. The third-order valence-corrected chi connectivity index (χ3v) is 2.79. The first-order valence-electron chi connectivity index (χ1n) is 5.19. The van der Waals surface area contributed by atoms with Crippen LogP contribution in [0.3, 0.4) is 0 Å². The molecule has 86 valence electrons. The SMILES string of the molecule is O=C(O)[C@H]1CCCN(c2cn[nH]c(=O)c2)C1. The van der Waals surface area contributed by atoms with Crippen molar-refractivity contribution < 1.29 is 9.90 Å². The Kier molecular flexibility index (Phi) is 2.89. The lowest BCUT2D eigenvalue weighted by molar-refractivity contribution is -0.141. The molecule has 1 aliphatic heterocycles. The van der Waals surface area contributed by atoms with Crippen LogP contribution in [0.4, 0.5) is 5.69 Å². The van der Waals surface area contributed by atoms with Gasteiger partial charge in [0, 0.05) is 19.2 Å². The maximum Gasteiger partial charge on any atom is 0.308 e. The summed E-state index contributed by atoms with van der Waals surface area (Å²) in [6, 6.07) is 1.44. The van der Waals surface area contributed by atoms with Crippen LogP contribution in [0.1, 0.15) is 12.8 Å². The fourth-order valence-electron chi connectivity index (χ4n) is 1.95. The Hall–Kier alpha value is -1.85.